The maximum absolute atomic E-state index is 13.3. The second-order valence-electron chi connectivity index (χ2n) is 4.82. The minimum atomic E-state index is -0.686. The molecule has 6 heteroatoms. The van der Waals surface area contributed by atoms with E-state index in [4.69, 9.17) is 14.9 Å². The predicted octanol–water partition coefficient (Wildman–Crippen LogP) is 2.91. The fraction of sp³-hybridized carbons (Fsp3) is 0.0588. The van der Waals surface area contributed by atoms with E-state index < -0.39 is 11.7 Å². The molecule has 1 heterocycles. The summed E-state index contributed by atoms with van der Waals surface area (Å²) in [5.41, 5.74) is 6.36. The normalized spacial score (nSPS) is 11.7. The van der Waals surface area contributed by atoms with Crippen molar-refractivity contribution in [3.8, 4) is 5.75 Å². The molecule has 0 aliphatic rings. The Kier molecular flexibility index (Phi) is 3.80. The van der Waals surface area contributed by atoms with Crippen molar-refractivity contribution in [1.29, 1.82) is 0 Å². The van der Waals surface area contributed by atoms with Crippen molar-refractivity contribution >= 4 is 22.6 Å². The average Bonchev–Trinajstić information content (AvgIpc) is 2.53. The van der Waals surface area contributed by atoms with Gasteiger partial charge in [0.25, 0.3) is 5.91 Å². The van der Waals surface area contributed by atoms with Gasteiger partial charge < -0.3 is 14.9 Å². The van der Waals surface area contributed by atoms with Gasteiger partial charge in [0.15, 0.2) is 0 Å². The number of hydrogen-bond donors (Lipinski definition) is 1. The molecule has 0 radical (unpaired) electrons. The monoisotopic (exact) mass is 312 g/mol. The molecule has 1 aromatic heterocycles. The Labute approximate surface area is 130 Å². The highest BCUT2D eigenvalue weighted by molar-refractivity contribution is 5.95. The molecule has 0 aliphatic heterocycles. The number of carbonyl (C=O) groups is 1. The van der Waals surface area contributed by atoms with Crippen molar-refractivity contribution < 1.29 is 18.3 Å². The van der Waals surface area contributed by atoms with E-state index in [9.17, 15) is 9.18 Å². The van der Waals surface area contributed by atoms with Gasteiger partial charge in [0.05, 0.1) is 12.8 Å². The predicted molar refractivity (Wildman–Crippen MR) is 82.9 cm³/mol. The van der Waals surface area contributed by atoms with E-state index in [2.05, 4.69) is 4.99 Å². The zero-order valence-electron chi connectivity index (χ0n) is 12.2. The Morgan fingerprint density at radius 2 is 2.04 bits per heavy atom. The van der Waals surface area contributed by atoms with E-state index in [1.54, 1.807) is 37.4 Å². The quantitative estimate of drug-likeness (QED) is 0.807. The van der Waals surface area contributed by atoms with Crippen LogP contribution in [-0.4, -0.2) is 13.0 Å². The number of nitrogens with two attached hydrogens (primary N) is 1. The highest BCUT2D eigenvalue weighted by atomic mass is 19.1. The van der Waals surface area contributed by atoms with Crippen LogP contribution >= 0.6 is 0 Å². The zero-order valence-corrected chi connectivity index (χ0v) is 12.2. The minimum Gasteiger partial charge on any atom is -0.497 e. The SMILES string of the molecule is COc1ccc2oc(=Nc3cccc(F)c3)c(C(N)=O)cc2c1. The van der Waals surface area contributed by atoms with Crippen LogP contribution in [0.25, 0.3) is 11.0 Å². The van der Waals surface area contributed by atoms with Crippen molar-refractivity contribution in [1.82, 2.24) is 0 Å². The van der Waals surface area contributed by atoms with E-state index in [1.165, 1.54) is 18.2 Å². The first-order valence-corrected chi connectivity index (χ1v) is 6.79. The summed E-state index contributed by atoms with van der Waals surface area (Å²) in [6, 6.07) is 12.4. The molecule has 2 N–H and O–H groups in total. The number of carbonyl (C=O) groups excluding carboxylic acids is 1. The molecule has 3 rings (SSSR count). The Hall–Kier alpha value is -3.15. The first-order chi connectivity index (χ1) is 11.1. The van der Waals surface area contributed by atoms with Crippen LogP contribution in [0.1, 0.15) is 10.4 Å². The molecule has 0 unspecified atom stereocenters. The van der Waals surface area contributed by atoms with Gasteiger partial charge in [-0.1, -0.05) is 6.07 Å². The van der Waals surface area contributed by atoms with E-state index in [-0.39, 0.29) is 11.1 Å². The third-order valence-electron chi connectivity index (χ3n) is 3.26. The third kappa shape index (κ3) is 3.06. The Balaban J connectivity index is 2.26. The van der Waals surface area contributed by atoms with E-state index in [1.807, 2.05) is 0 Å². The molecule has 3 aromatic rings. The van der Waals surface area contributed by atoms with Crippen LogP contribution in [-0.2, 0) is 0 Å². The molecule has 0 fully saturated rings. The van der Waals surface area contributed by atoms with Gasteiger partial charge in [0.1, 0.15) is 22.7 Å². The largest absolute Gasteiger partial charge is 0.497 e. The lowest BCUT2D eigenvalue weighted by Crippen LogP contribution is -2.21. The number of methoxy groups -OCH3 is 1. The lowest BCUT2D eigenvalue weighted by molar-refractivity contribution is 0.0996. The second kappa shape index (κ2) is 5.92. The summed E-state index contributed by atoms with van der Waals surface area (Å²) in [7, 11) is 1.54. The number of nitrogens with zero attached hydrogens (tertiary/aromatic N) is 1. The highest BCUT2D eigenvalue weighted by Crippen LogP contribution is 2.21. The van der Waals surface area contributed by atoms with Gasteiger partial charge in [-0.15, -0.1) is 0 Å². The summed E-state index contributed by atoms with van der Waals surface area (Å²) in [4.78, 5) is 15.9. The van der Waals surface area contributed by atoms with Gasteiger partial charge in [-0.2, -0.15) is 0 Å². The number of rotatable bonds is 3. The van der Waals surface area contributed by atoms with Crippen LogP contribution < -0.4 is 16.0 Å². The van der Waals surface area contributed by atoms with Crippen molar-refractivity contribution in [2.75, 3.05) is 7.11 Å². The maximum atomic E-state index is 13.3. The van der Waals surface area contributed by atoms with E-state index in [0.717, 1.165) is 0 Å². The lowest BCUT2D eigenvalue weighted by Gasteiger charge is -2.04. The van der Waals surface area contributed by atoms with Gasteiger partial charge in [-0.3, -0.25) is 4.79 Å². The molecule has 0 spiro atoms. The number of primary amides is 1. The van der Waals surface area contributed by atoms with Crippen LogP contribution in [0.5, 0.6) is 5.75 Å². The molecule has 23 heavy (non-hydrogen) atoms. The number of amides is 1. The first kappa shape index (κ1) is 14.8. The number of halogens is 1. The Morgan fingerprint density at radius 1 is 1.22 bits per heavy atom. The minimum absolute atomic E-state index is 0.0285. The summed E-state index contributed by atoms with van der Waals surface area (Å²) < 4.78 is 24.1. The fourth-order valence-corrected chi connectivity index (χ4v) is 2.16. The van der Waals surface area contributed by atoms with Crippen molar-refractivity contribution in [2.24, 2.45) is 10.7 Å². The summed E-state index contributed by atoms with van der Waals surface area (Å²) in [6.45, 7) is 0. The highest BCUT2D eigenvalue weighted by Gasteiger charge is 2.10. The van der Waals surface area contributed by atoms with Gasteiger partial charge >= 0.3 is 0 Å². The maximum Gasteiger partial charge on any atom is 0.254 e. The molecule has 116 valence electrons. The molecule has 0 saturated carbocycles. The second-order valence-corrected chi connectivity index (χ2v) is 4.82. The van der Waals surface area contributed by atoms with Crippen molar-refractivity contribution in [3.63, 3.8) is 0 Å². The molecular formula is C17H13FN2O3. The van der Waals surface area contributed by atoms with Crippen LogP contribution in [0.4, 0.5) is 10.1 Å². The van der Waals surface area contributed by atoms with Gasteiger partial charge in [0.2, 0.25) is 5.55 Å². The van der Waals surface area contributed by atoms with E-state index >= 15 is 0 Å². The molecule has 0 aliphatic carbocycles. The Bertz CT molecular complexity index is 963. The number of fused-ring (bicyclic) bond motifs is 1. The van der Waals surface area contributed by atoms with Crippen LogP contribution in [0.3, 0.4) is 0 Å². The zero-order chi connectivity index (χ0) is 16.4. The number of hydrogen-bond acceptors (Lipinski definition) is 4. The smallest absolute Gasteiger partial charge is 0.254 e. The van der Waals surface area contributed by atoms with Crippen LogP contribution in [0.15, 0.2) is 57.9 Å². The van der Waals surface area contributed by atoms with E-state index in [0.29, 0.717) is 22.4 Å². The first-order valence-electron chi connectivity index (χ1n) is 6.79. The number of benzene rings is 2. The lowest BCUT2D eigenvalue weighted by atomic mass is 10.1. The summed E-state index contributed by atoms with van der Waals surface area (Å²) in [6.07, 6.45) is 0. The average molecular weight is 312 g/mol. The van der Waals surface area contributed by atoms with Crippen molar-refractivity contribution in [2.45, 2.75) is 0 Å². The summed E-state index contributed by atoms with van der Waals surface area (Å²) >= 11 is 0. The molecule has 0 bridgehead atoms. The topological polar surface area (TPSA) is 77.8 Å². The molecular weight excluding hydrogens is 299 g/mol. The van der Waals surface area contributed by atoms with Crippen LogP contribution in [0, 0.1) is 5.82 Å². The third-order valence-corrected chi connectivity index (χ3v) is 3.26. The Morgan fingerprint density at radius 3 is 2.74 bits per heavy atom. The molecule has 0 saturated heterocycles. The van der Waals surface area contributed by atoms with Gasteiger partial charge in [-0.05, 0) is 42.5 Å². The van der Waals surface area contributed by atoms with Gasteiger partial charge in [-0.25, -0.2) is 9.38 Å². The van der Waals surface area contributed by atoms with Gasteiger partial charge in [0, 0.05) is 5.39 Å². The molecule has 0 atom stereocenters. The molecule has 1 amide bonds. The standard InChI is InChI=1S/C17H13FN2O3/c1-22-13-5-6-15-10(7-13)8-14(16(19)21)17(23-15)20-12-4-2-3-11(18)9-12/h2-9H,1H3,(H2,19,21). The van der Waals surface area contributed by atoms with Crippen molar-refractivity contribution in [3.05, 3.63) is 65.5 Å². The van der Waals surface area contributed by atoms with Crippen LogP contribution in [0.2, 0.25) is 0 Å². The number of ether oxygens (including phenoxy) is 1. The summed E-state index contributed by atoms with van der Waals surface area (Å²) in [5.74, 6) is -0.496. The fourth-order valence-electron chi connectivity index (χ4n) is 2.16. The summed E-state index contributed by atoms with van der Waals surface area (Å²) in [5, 5.41) is 0.649. The molecule has 2 aromatic carbocycles. The molecule has 5 nitrogen and oxygen atoms in total.